The minimum Gasteiger partial charge on any atom is -0.468 e. The first-order chi connectivity index (χ1) is 15.3. The summed E-state index contributed by atoms with van der Waals surface area (Å²) in [6.07, 6.45) is 1.16. The highest BCUT2D eigenvalue weighted by molar-refractivity contribution is 7.88. The van der Waals surface area contributed by atoms with Crippen molar-refractivity contribution in [3.63, 3.8) is 0 Å². The number of hydrogen-bond donors (Lipinski definition) is 1. The van der Waals surface area contributed by atoms with Gasteiger partial charge in [-0.2, -0.15) is 4.31 Å². The molecule has 1 aromatic rings. The van der Waals surface area contributed by atoms with E-state index in [1.165, 1.54) is 11.4 Å². The Morgan fingerprint density at radius 2 is 1.72 bits per heavy atom. The molecule has 0 spiro atoms. The van der Waals surface area contributed by atoms with E-state index in [2.05, 4.69) is 5.32 Å². The molecular weight excluding hydrogens is 442 g/mol. The van der Waals surface area contributed by atoms with Gasteiger partial charge in [-0.15, -0.1) is 0 Å². The van der Waals surface area contributed by atoms with E-state index in [-0.39, 0.29) is 32.3 Å². The summed E-state index contributed by atoms with van der Waals surface area (Å²) in [4.78, 5) is 26.6. The Hall–Kier alpha value is -2.25. The molecular formula is C20H31N3O8S. The molecule has 1 atom stereocenters. The van der Waals surface area contributed by atoms with E-state index in [0.717, 1.165) is 6.26 Å². The molecule has 1 heterocycles. The lowest BCUT2D eigenvalue weighted by Gasteiger charge is -2.37. The number of benzene rings is 1. The van der Waals surface area contributed by atoms with Gasteiger partial charge in [-0.1, -0.05) is 0 Å². The summed E-state index contributed by atoms with van der Waals surface area (Å²) in [5, 5.41) is 2.75. The Morgan fingerprint density at radius 3 is 2.28 bits per heavy atom. The van der Waals surface area contributed by atoms with Crippen LogP contribution in [0.5, 0.6) is 5.75 Å². The van der Waals surface area contributed by atoms with E-state index in [9.17, 15) is 18.0 Å². The Labute approximate surface area is 188 Å². The van der Waals surface area contributed by atoms with Crippen LogP contribution in [0.15, 0.2) is 24.3 Å². The monoisotopic (exact) mass is 473 g/mol. The number of methoxy groups -OCH3 is 2. The molecule has 1 saturated heterocycles. The highest BCUT2D eigenvalue weighted by atomic mass is 32.2. The van der Waals surface area contributed by atoms with Crippen LogP contribution in [0.1, 0.15) is 10.4 Å². The lowest BCUT2D eigenvalue weighted by atomic mass is 10.1. The van der Waals surface area contributed by atoms with Crippen LogP contribution in [0.25, 0.3) is 0 Å². The van der Waals surface area contributed by atoms with Crippen molar-refractivity contribution in [2.45, 2.75) is 6.04 Å². The van der Waals surface area contributed by atoms with Gasteiger partial charge in [0.1, 0.15) is 11.8 Å². The number of carbonyl (C=O) groups is 2. The van der Waals surface area contributed by atoms with E-state index in [0.29, 0.717) is 37.6 Å². The van der Waals surface area contributed by atoms with E-state index in [1.807, 2.05) is 4.90 Å². The molecule has 0 aromatic heterocycles. The topological polar surface area (TPSA) is 124 Å². The van der Waals surface area contributed by atoms with Crippen molar-refractivity contribution < 1.29 is 37.0 Å². The minimum atomic E-state index is -3.28. The molecule has 1 amide bonds. The fraction of sp³-hybridized carbons (Fsp3) is 0.600. The predicted molar refractivity (Wildman–Crippen MR) is 116 cm³/mol. The molecule has 12 heteroatoms. The molecule has 0 unspecified atom stereocenters. The molecule has 180 valence electrons. The van der Waals surface area contributed by atoms with Crippen LogP contribution in [0.4, 0.5) is 0 Å². The van der Waals surface area contributed by atoms with Crippen molar-refractivity contribution in [2.75, 3.05) is 73.2 Å². The summed E-state index contributed by atoms with van der Waals surface area (Å²) in [6, 6.07) is 5.81. The second-order valence-electron chi connectivity index (χ2n) is 7.13. The zero-order valence-corrected chi connectivity index (χ0v) is 19.4. The molecule has 1 fully saturated rings. The van der Waals surface area contributed by atoms with Crippen LogP contribution in [0.2, 0.25) is 0 Å². The summed E-state index contributed by atoms with van der Waals surface area (Å²) >= 11 is 0. The molecule has 2 rings (SSSR count). The van der Waals surface area contributed by atoms with Gasteiger partial charge in [-0.05, 0) is 24.3 Å². The van der Waals surface area contributed by atoms with Crippen molar-refractivity contribution in [1.82, 2.24) is 14.5 Å². The lowest BCUT2D eigenvalue weighted by Crippen LogP contribution is -2.57. The number of ether oxygens (including phenoxy) is 4. The van der Waals surface area contributed by atoms with Gasteiger partial charge in [0.2, 0.25) is 10.0 Å². The van der Waals surface area contributed by atoms with Gasteiger partial charge in [-0.3, -0.25) is 14.5 Å². The summed E-state index contributed by atoms with van der Waals surface area (Å²) < 4.78 is 45.1. The molecule has 0 bridgehead atoms. The fourth-order valence-electron chi connectivity index (χ4n) is 3.15. The van der Waals surface area contributed by atoms with E-state index < -0.39 is 22.0 Å². The molecule has 0 saturated carbocycles. The Kier molecular flexibility index (Phi) is 10.3. The SMILES string of the molecule is COCCOCOc1ccc(C(=O)NC[C@H](C(=O)OC)N2CCN(S(C)(=O)=O)CC2)cc1. The average molecular weight is 474 g/mol. The third kappa shape index (κ3) is 8.02. The number of hydrogen-bond acceptors (Lipinski definition) is 9. The van der Waals surface area contributed by atoms with Crippen molar-refractivity contribution in [3.05, 3.63) is 29.8 Å². The van der Waals surface area contributed by atoms with Crippen LogP contribution in [0, 0.1) is 0 Å². The predicted octanol–water partition coefficient (Wildman–Crippen LogP) is -0.465. The van der Waals surface area contributed by atoms with Gasteiger partial charge in [-0.25, -0.2) is 8.42 Å². The quantitative estimate of drug-likeness (QED) is 0.244. The fourth-order valence-corrected chi connectivity index (χ4v) is 3.98. The zero-order chi connectivity index (χ0) is 23.6. The van der Waals surface area contributed by atoms with E-state index >= 15 is 0 Å². The maximum Gasteiger partial charge on any atom is 0.324 e. The van der Waals surface area contributed by atoms with Gasteiger partial charge in [0, 0.05) is 45.4 Å². The minimum absolute atomic E-state index is 0.0377. The van der Waals surface area contributed by atoms with Gasteiger partial charge < -0.3 is 24.3 Å². The molecule has 0 aliphatic carbocycles. The molecule has 1 aliphatic heterocycles. The summed E-state index contributed by atoms with van der Waals surface area (Å²) in [7, 11) is -0.416. The Morgan fingerprint density at radius 1 is 1.06 bits per heavy atom. The van der Waals surface area contributed by atoms with Crippen LogP contribution in [0.3, 0.4) is 0 Å². The first kappa shape index (κ1) is 26.0. The van der Waals surface area contributed by atoms with Crippen molar-refractivity contribution >= 4 is 21.9 Å². The molecule has 0 radical (unpaired) electrons. The van der Waals surface area contributed by atoms with Gasteiger partial charge >= 0.3 is 5.97 Å². The molecule has 32 heavy (non-hydrogen) atoms. The number of piperazine rings is 1. The number of nitrogens with zero attached hydrogens (tertiary/aromatic N) is 2. The van der Waals surface area contributed by atoms with Crippen molar-refractivity contribution in [3.8, 4) is 5.75 Å². The van der Waals surface area contributed by atoms with E-state index in [4.69, 9.17) is 18.9 Å². The highest BCUT2D eigenvalue weighted by Gasteiger charge is 2.32. The second kappa shape index (κ2) is 12.7. The summed E-state index contributed by atoms with van der Waals surface area (Å²) in [5.41, 5.74) is 0.406. The summed E-state index contributed by atoms with van der Waals surface area (Å²) in [5.74, 6) is -0.290. The van der Waals surface area contributed by atoms with Crippen LogP contribution in [-0.2, 0) is 29.0 Å². The molecule has 11 nitrogen and oxygen atoms in total. The maximum absolute atomic E-state index is 12.5. The lowest BCUT2D eigenvalue weighted by molar-refractivity contribution is -0.147. The first-order valence-corrected chi connectivity index (χ1v) is 12.0. The normalized spacial score (nSPS) is 16.3. The number of esters is 1. The standard InChI is InChI=1S/C20H31N3O8S/c1-28-12-13-30-15-31-17-6-4-16(5-7-17)19(24)21-14-18(20(25)29-2)22-8-10-23(11-9-22)32(3,26)27/h4-7,18H,8-15H2,1-3H3,(H,21,24)/t18-/m1/s1. The van der Waals surface area contributed by atoms with Gasteiger partial charge in [0.25, 0.3) is 5.91 Å². The second-order valence-corrected chi connectivity index (χ2v) is 9.12. The maximum atomic E-state index is 12.5. The molecule has 1 aliphatic rings. The first-order valence-electron chi connectivity index (χ1n) is 10.1. The number of amides is 1. The third-order valence-corrected chi connectivity index (χ3v) is 6.27. The molecule has 1 aromatic carbocycles. The van der Waals surface area contributed by atoms with Crippen molar-refractivity contribution in [1.29, 1.82) is 0 Å². The van der Waals surface area contributed by atoms with Crippen molar-refractivity contribution in [2.24, 2.45) is 0 Å². The van der Waals surface area contributed by atoms with Gasteiger partial charge in [0.05, 0.1) is 26.6 Å². The number of rotatable bonds is 12. The Balaban J connectivity index is 1.87. The summed E-state index contributed by atoms with van der Waals surface area (Å²) in [6.45, 7) is 2.28. The van der Waals surface area contributed by atoms with Crippen LogP contribution >= 0.6 is 0 Å². The zero-order valence-electron chi connectivity index (χ0n) is 18.6. The highest BCUT2D eigenvalue weighted by Crippen LogP contribution is 2.13. The van der Waals surface area contributed by atoms with E-state index in [1.54, 1.807) is 31.4 Å². The number of nitrogens with one attached hydrogen (secondary N) is 1. The number of carbonyl (C=O) groups excluding carboxylic acids is 2. The smallest absolute Gasteiger partial charge is 0.324 e. The van der Waals surface area contributed by atoms with Crippen LogP contribution < -0.4 is 10.1 Å². The Bertz CT molecular complexity index is 839. The van der Waals surface area contributed by atoms with Gasteiger partial charge in [0.15, 0.2) is 6.79 Å². The largest absolute Gasteiger partial charge is 0.468 e. The third-order valence-electron chi connectivity index (χ3n) is 4.97. The number of sulfonamides is 1. The molecule has 1 N–H and O–H groups in total. The average Bonchev–Trinajstić information content (AvgIpc) is 2.79. The van der Waals surface area contributed by atoms with Crippen LogP contribution in [-0.4, -0.2) is 109 Å².